The lowest BCUT2D eigenvalue weighted by atomic mass is 10.1. The average Bonchev–Trinajstić information content (AvgIpc) is 3.29. The van der Waals surface area contributed by atoms with E-state index in [1.165, 1.54) is 23.7 Å². The van der Waals surface area contributed by atoms with Crippen molar-refractivity contribution in [2.24, 2.45) is 10.1 Å². The normalized spacial score (nSPS) is 15.7. The minimum atomic E-state index is -0.470. The van der Waals surface area contributed by atoms with E-state index in [4.69, 9.17) is 19.6 Å². The number of fused-ring (bicyclic) bond motifs is 1. The number of nitrogens with one attached hydrogen (secondary N) is 2. The summed E-state index contributed by atoms with van der Waals surface area (Å²) in [6.45, 7) is 6.38. The number of hydrogen-bond acceptors (Lipinski definition) is 8. The van der Waals surface area contributed by atoms with Gasteiger partial charge in [0.15, 0.2) is 17.3 Å². The van der Waals surface area contributed by atoms with Crippen LogP contribution in [-0.4, -0.2) is 52.7 Å². The van der Waals surface area contributed by atoms with Crippen LogP contribution in [0.15, 0.2) is 58.1 Å². The minimum absolute atomic E-state index is 0.000791. The van der Waals surface area contributed by atoms with Crippen molar-refractivity contribution in [2.75, 3.05) is 25.1 Å². The van der Waals surface area contributed by atoms with Crippen LogP contribution in [0, 0.1) is 5.41 Å². The van der Waals surface area contributed by atoms with Gasteiger partial charge in [-0.05, 0) is 79.6 Å². The number of hydrazone groups is 1. The molecule has 0 radical (unpaired) electrons. The maximum atomic E-state index is 12.7. The summed E-state index contributed by atoms with van der Waals surface area (Å²) in [5.74, 6) is 1.10. The summed E-state index contributed by atoms with van der Waals surface area (Å²) >= 11 is 1.33. The Balaban J connectivity index is 1.40. The zero-order chi connectivity index (χ0) is 27.1. The van der Waals surface area contributed by atoms with Crippen molar-refractivity contribution in [3.05, 3.63) is 53.6 Å². The molecule has 38 heavy (non-hydrogen) atoms. The second kappa shape index (κ2) is 12.4. The second-order valence-corrected chi connectivity index (χ2v) is 9.35. The molecule has 0 aliphatic carbocycles. The van der Waals surface area contributed by atoms with E-state index in [2.05, 4.69) is 22.3 Å². The van der Waals surface area contributed by atoms with Crippen LogP contribution in [0.3, 0.4) is 0 Å². The third kappa shape index (κ3) is 6.60. The summed E-state index contributed by atoms with van der Waals surface area (Å²) in [5.41, 5.74) is 1.53. The highest BCUT2D eigenvalue weighted by Gasteiger charge is 2.35. The molecule has 0 atom stereocenters. The predicted octanol–water partition coefficient (Wildman–Crippen LogP) is 4.92. The summed E-state index contributed by atoms with van der Waals surface area (Å²) in [4.78, 5) is 27.9. The number of amidine groups is 2. The molecular weight excluding hydrogens is 506 g/mol. The molecule has 0 saturated carbocycles. The number of hydrogen-bond donors (Lipinski definition) is 2. The molecule has 11 heteroatoms. The van der Waals surface area contributed by atoms with Crippen molar-refractivity contribution in [3.63, 3.8) is 0 Å². The monoisotopic (exact) mass is 535 g/mol. The van der Waals surface area contributed by atoms with Gasteiger partial charge in [-0.15, -0.1) is 0 Å². The molecule has 10 nitrogen and oxygen atoms in total. The van der Waals surface area contributed by atoms with E-state index in [-0.39, 0.29) is 23.9 Å². The number of nitrogens with zero attached hydrogens (tertiary/aromatic N) is 3. The van der Waals surface area contributed by atoms with E-state index in [0.29, 0.717) is 46.9 Å². The maximum absolute atomic E-state index is 12.7. The fraction of sp³-hybridized carbons (Fsp3) is 0.296. The van der Waals surface area contributed by atoms with Gasteiger partial charge in [-0.2, -0.15) is 15.1 Å². The summed E-state index contributed by atoms with van der Waals surface area (Å²) in [6, 6.07) is 12.4. The Kier molecular flexibility index (Phi) is 8.80. The van der Waals surface area contributed by atoms with Crippen molar-refractivity contribution in [1.29, 1.82) is 5.41 Å². The highest BCUT2D eigenvalue weighted by Crippen LogP contribution is 2.32. The summed E-state index contributed by atoms with van der Waals surface area (Å²) in [6.07, 6.45) is 3.31. The molecular formula is C27H29N5O5S. The molecule has 0 spiro atoms. The molecule has 2 aromatic carbocycles. The van der Waals surface area contributed by atoms with E-state index < -0.39 is 5.91 Å². The number of aliphatic imine (C=N–C) groups is 1. The molecule has 4 rings (SSSR count). The zero-order valence-corrected chi connectivity index (χ0v) is 22.3. The van der Waals surface area contributed by atoms with Crippen LogP contribution in [0.25, 0.3) is 6.08 Å². The van der Waals surface area contributed by atoms with Crippen LogP contribution < -0.4 is 19.5 Å². The lowest BCUT2D eigenvalue weighted by molar-refractivity contribution is -0.115. The SMILES string of the molecule is CCCC1=NN2C(=N)/C(=C\c3ccc(OCCOc4ccc(NC(C)=O)cc4)c(OCC)c3)C(=O)N=C2S1. The highest BCUT2D eigenvalue weighted by atomic mass is 32.2. The summed E-state index contributed by atoms with van der Waals surface area (Å²) < 4.78 is 17.4. The Morgan fingerprint density at radius 2 is 1.84 bits per heavy atom. The van der Waals surface area contributed by atoms with Gasteiger partial charge in [0.25, 0.3) is 5.91 Å². The molecule has 2 amide bonds. The average molecular weight is 536 g/mol. The molecule has 198 valence electrons. The quantitative estimate of drug-likeness (QED) is 0.309. The lowest BCUT2D eigenvalue weighted by Gasteiger charge is -2.20. The molecule has 0 unspecified atom stereocenters. The predicted molar refractivity (Wildman–Crippen MR) is 149 cm³/mol. The van der Waals surface area contributed by atoms with Gasteiger partial charge in [0.2, 0.25) is 11.1 Å². The first-order valence-corrected chi connectivity index (χ1v) is 13.1. The molecule has 2 aromatic rings. The van der Waals surface area contributed by atoms with E-state index in [9.17, 15) is 9.59 Å². The fourth-order valence-corrected chi connectivity index (χ4v) is 4.65. The number of benzene rings is 2. The summed E-state index contributed by atoms with van der Waals surface area (Å²) in [5, 5.41) is 18.3. The molecule has 0 saturated heterocycles. The van der Waals surface area contributed by atoms with Gasteiger partial charge in [0.1, 0.15) is 24.0 Å². The van der Waals surface area contributed by atoms with E-state index in [0.717, 1.165) is 17.9 Å². The van der Waals surface area contributed by atoms with Gasteiger partial charge in [-0.1, -0.05) is 13.0 Å². The number of amides is 2. The number of carbonyl (C=O) groups is 2. The number of carbonyl (C=O) groups excluding carboxylic acids is 2. The molecule has 0 bridgehead atoms. The minimum Gasteiger partial charge on any atom is -0.490 e. The van der Waals surface area contributed by atoms with Crippen LogP contribution in [0.4, 0.5) is 5.69 Å². The molecule has 2 aliphatic rings. The molecule has 0 aromatic heterocycles. The lowest BCUT2D eigenvalue weighted by Crippen LogP contribution is -2.35. The van der Waals surface area contributed by atoms with Gasteiger partial charge in [0.05, 0.1) is 12.2 Å². The number of rotatable bonds is 11. The van der Waals surface area contributed by atoms with Crippen LogP contribution in [0.2, 0.25) is 0 Å². The van der Waals surface area contributed by atoms with Crippen LogP contribution in [0.1, 0.15) is 39.2 Å². The van der Waals surface area contributed by atoms with Gasteiger partial charge in [-0.3, -0.25) is 15.0 Å². The van der Waals surface area contributed by atoms with Crippen molar-refractivity contribution >= 4 is 51.4 Å². The number of ether oxygens (including phenoxy) is 3. The van der Waals surface area contributed by atoms with Crippen LogP contribution in [-0.2, 0) is 9.59 Å². The van der Waals surface area contributed by atoms with Crippen LogP contribution >= 0.6 is 11.8 Å². The Morgan fingerprint density at radius 1 is 1.08 bits per heavy atom. The Morgan fingerprint density at radius 3 is 2.55 bits per heavy atom. The topological polar surface area (TPSA) is 126 Å². The summed E-state index contributed by atoms with van der Waals surface area (Å²) in [7, 11) is 0. The maximum Gasteiger partial charge on any atom is 0.283 e. The first kappa shape index (κ1) is 26.9. The third-order valence-electron chi connectivity index (χ3n) is 5.32. The van der Waals surface area contributed by atoms with Crippen LogP contribution in [0.5, 0.6) is 17.2 Å². The molecule has 0 fully saturated rings. The van der Waals surface area contributed by atoms with Gasteiger partial charge < -0.3 is 19.5 Å². The zero-order valence-electron chi connectivity index (χ0n) is 21.4. The van der Waals surface area contributed by atoms with Crippen molar-refractivity contribution in [2.45, 2.75) is 33.6 Å². The van der Waals surface area contributed by atoms with E-state index in [1.807, 2.05) is 6.92 Å². The van der Waals surface area contributed by atoms with Gasteiger partial charge in [0, 0.05) is 12.6 Å². The molecule has 2 aliphatic heterocycles. The van der Waals surface area contributed by atoms with Gasteiger partial charge >= 0.3 is 0 Å². The fourth-order valence-electron chi connectivity index (χ4n) is 3.66. The second-order valence-electron chi connectivity index (χ2n) is 8.31. The van der Waals surface area contributed by atoms with Crippen molar-refractivity contribution < 1.29 is 23.8 Å². The largest absolute Gasteiger partial charge is 0.490 e. The molecule has 2 N–H and O–H groups in total. The Labute approximate surface area is 225 Å². The Hall–Kier alpha value is -4.12. The smallest absolute Gasteiger partial charge is 0.283 e. The standard InChI is InChI=1S/C27H29N5O5S/c1-4-6-24-31-32-25(28)21(26(34)30-27(32)38-24)15-18-7-12-22(23(16-18)35-5-2)37-14-13-36-20-10-8-19(9-11-20)29-17(3)33/h7-12,15-16,28H,4-6,13-14H2,1-3H3,(H,29,33)/b21-15+,28-25?. The number of anilines is 1. The van der Waals surface area contributed by atoms with E-state index in [1.54, 1.807) is 48.5 Å². The first-order chi connectivity index (χ1) is 18.4. The Bertz CT molecular complexity index is 1320. The third-order valence-corrected chi connectivity index (χ3v) is 6.29. The van der Waals surface area contributed by atoms with E-state index >= 15 is 0 Å². The molecule has 2 heterocycles. The van der Waals surface area contributed by atoms with Crippen molar-refractivity contribution in [3.8, 4) is 17.2 Å². The number of thioether (sulfide) groups is 1. The first-order valence-electron chi connectivity index (χ1n) is 12.3. The van der Waals surface area contributed by atoms with Crippen molar-refractivity contribution in [1.82, 2.24) is 5.01 Å². The van der Waals surface area contributed by atoms with Gasteiger partial charge in [-0.25, -0.2) is 0 Å². The highest BCUT2D eigenvalue weighted by molar-refractivity contribution is 8.26.